The Morgan fingerprint density at radius 2 is 1.25 bits per heavy atom. The van der Waals surface area contributed by atoms with Crippen LogP contribution in [0.15, 0.2) is 66.7 Å². The van der Waals surface area contributed by atoms with Gasteiger partial charge in [-0.25, -0.2) is 13.2 Å². The molecule has 236 valence electrons. The summed E-state index contributed by atoms with van der Waals surface area (Å²) in [4.78, 5) is 0. The molecule has 2 fully saturated rings. The highest BCUT2D eigenvalue weighted by Crippen LogP contribution is 2.45. The molecule has 0 nitrogen and oxygen atoms in total. The minimum Gasteiger partial charge on any atom is -0.207 e. The van der Waals surface area contributed by atoms with Crippen LogP contribution in [-0.4, -0.2) is 0 Å². The number of aryl methyl sites for hydroxylation is 1. The summed E-state index contributed by atoms with van der Waals surface area (Å²) in [5.74, 6) is 1.07. The SMILES string of the molecule is C/C=C/C1CCC(C2CCC(c3ccc(-c4ccc(-c5ccc(CCCCCCCC)c(F)c5F)cc4)cc3F)CC2)CC1. The van der Waals surface area contributed by atoms with Crippen molar-refractivity contribution in [3.05, 3.63) is 95.3 Å². The smallest absolute Gasteiger partial charge is 0.166 e. The molecule has 3 aromatic carbocycles. The molecule has 2 saturated carbocycles. The minimum absolute atomic E-state index is 0.129. The van der Waals surface area contributed by atoms with Gasteiger partial charge in [-0.15, -0.1) is 0 Å². The Hall–Kier alpha value is -2.81. The molecule has 0 radical (unpaired) electrons. The maximum Gasteiger partial charge on any atom is 0.166 e. The van der Waals surface area contributed by atoms with E-state index in [2.05, 4.69) is 26.0 Å². The normalized spacial score (nSPS) is 22.5. The molecule has 3 aromatic rings. The lowest BCUT2D eigenvalue weighted by Crippen LogP contribution is -2.25. The van der Waals surface area contributed by atoms with Crippen molar-refractivity contribution in [1.29, 1.82) is 0 Å². The van der Waals surface area contributed by atoms with Gasteiger partial charge in [0, 0.05) is 5.56 Å². The molecule has 0 atom stereocenters. The fourth-order valence-electron chi connectivity index (χ4n) is 7.96. The molecule has 0 N–H and O–H groups in total. The fraction of sp³-hybridized carbons (Fsp3) is 0.512. The molecule has 44 heavy (non-hydrogen) atoms. The Labute approximate surface area is 264 Å². The zero-order valence-electron chi connectivity index (χ0n) is 26.9. The van der Waals surface area contributed by atoms with Gasteiger partial charge < -0.3 is 0 Å². The van der Waals surface area contributed by atoms with Gasteiger partial charge in [0.2, 0.25) is 0 Å². The standard InChI is InChI=1S/C41H51F3/c1-3-5-6-7-8-9-11-35-24-27-38(41(44)40(35)43)34-22-18-32(19-23-34)36-25-26-37(39(42)28-36)33-20-16-31(17-21-33)30-14-12-29(10-4-2)13-15-30/h4,10,18-19,22-31,33H,3,5-9,11-17,20-21H2,1-2H3/b10-4+. The van der Waals surface area contributed by atoms with Crippen molar-refractivity contribution in [2.45, 2.75) is 116 Å². The van der Waals surface area contributed by atoms with Crippen LogP contribution >= 0.6 is 0 Å². The average molecular weight is 601 g/mol. The summed E-state index contributed by atoms with van der Waals surface area (Å²) in [5.41, 5.74) is 3.88. The minimum atomic E-state index is -0.785. The van der Waals surface area contributed by atoms with Crippen LogP contribution in [0.1, 0.15) is 121 Å². The van der Waals surface area contributed by atoms with Gasteiger partial charge in [-0.3, -0.25) is 0 Å². The summed E-state index contributed by atoms with van der Waals surface area (Å²) >= 11 is 0. The molecule has 0 aliphatic heterocycles. The second-order valence-electron chi connectivity index (χ2n) is 13.5. The summed E-state index contributed by atoms with van der Waals surface area (Å²) in [6.07, 6.45) is 21.8. The number of halogens is 3. The van der Waals surface area contributed by atoms with Gasteiger partial charge in [-0.1, -0.05) is 99.7 Å². The van der Waals surface area contributed by atoms with Crippen molar-refractivity contribution in [3.63, 3.8) is 0 Å². The van der Waals surface area contributed by atoms with Crippen molar-refractivity contribution < 1.29 is 13.2 Å². The first-order chi connectivity index (χ1) is 21.5. The Bertz CT molecular complexity index is 1360. The zero-order chi connectivity index (χ0) is 30.9. The molecule has 2 aliphatic carbocycles. The highest BCUT2D eigenvalue weighted by atomic mass is 19.2. The van der Waals surface area contributed by atoms with E-state index < -0.39 is 11.6 Å². The Balaban J connectivity index is 1.17. The highest BCUT2D eigenvalue weighted by Gasteiger charge is 2.31. The average Bonchev–Trinajstić information content (AvgIpc) is 3.05. The molecule has 0 heterocycles. The Kier molecular flexibility index (Phi) is 11.8. The van der Waals surface area contributed by atoms with Gasteiger partial charge in [-0.05, 0) is 129 Å². The molecular formula is C41H51F3. The van der Waals surface area contributed by atoms with E-state index in [0.29, 0.717) is 23.5 Å². The maximum absolute atomic E-state index is 15.4. The molecule has 0 amide bonds. The lowest BCUT2D eigenvalue weighted by Gasteiger charge is -2.37. The lowest BCUT2D eigenvalue weighted by atomic mass is 9.68. The van der Waals surface area contributed by atoms with E-state index in [1.54, 1.807) is 30.3 Å². The topological polar surface area (TPSA) is 0 Å². The lowest BCUT2D eigenvalue weighted by molar-refractivity contribution is 0.171. The number of hydrogen-bond donors (Lipinski definition) is 0. The molecule has 2 aliphatic rings. The van der Waals surface area contributed by atoms with E-state index in [9.17, 15) is 4.39 Å². The first-order valence-electron chi connectivity index (χ1n) is 17.5. The summed E-state index contributed by atoms with van der Waals surface area (Å²) < 4.78 is 45.4. The zero-order valence-corrected chi connectivity index (χ0v) is 26.9. The second kappa shape index (κ2) is 16.0. The van der Waals surface area contributed by atoms with Crippen molar-refractivity contribution in [3.8, 4) is 22.3 Å². The van der Waals surface area contributed by atoms with Gasteiger partial charge >= 0.3 is 0 Å². The predicted molar refractivity (Wildman–Crippen MR) is 179 cm³/mol. The van der Waals surface area contributed by atoms with Crippen LogP contribution in [0.5, 0.6) is 0 Å². The van der Waals surface area contributed by atoms with Crippen molar-refractivity contribution in [2.75, 3.05) is 0 Å². The van der Waals surface area contributed by atoms with E-state index >= 15 is 8.78 Å². The first kappa shape index (κ1) is 32.6. The molecule has 3 heteroatoms. The van der Waals surface area contributed by atoms with Crippen molar-refractivity contribution >= 4 is 0 Å². The van der Waals surface area contributed by atoms with Crippen LogP contribution in [-0.2, 0) is 6.42 Å². The third-order valence-corrected chi connectivity index (χ3v) is 10.7. The largest absolute Gasteiger partial charge is 0.207 e. The predicted octanol–water partition coefficient (Wildman–Crippen LogP) is 13.0. The van der Waals surface area contributed by atoms with Gasteiger partial charge in [0.15, 0.2) is 11.6 Å². The van der Waals surface area contributed by atoms with E-state index in [1.165, 1.54) is 57.8 Å². The van der Waals surface area contributed by atoms with Gasteiger partial charge in [0.25, 0.3) is 0 Å². The van der Waals surface area contributed by atoms with Crippen molar-refractivity contribution in [2.24, 2.45) is 17.8 Å². The molecule has 0 saturated heterocycles. The maximum atomic E-state index is 15.4. The Morgan fingerprint density at radius 1 is 0.636 bits per heavy atom. The van der Waals surface area contributed by atoms with Gasteiger partial charge in [-0.2, -0.15) is 0 Å². The monoisotopic (exact) mass is 600 g/mol. The van der Waals surface area contributed by atoms with Crippen molar-refractivity contribution in [1.82, 2.24) is 0 Å². The molecule has 0 bridgehead atoms. The molecule has 0 spiro atoms. The number of rotatable bonds is 12. The molecule has 0 unspecified atom stereocenters. The first-order valence-corrected chi connectivity index (χ1v) is 17.5. The van der Waals surface area contributed by atoms with E-state index in [1.807, 2.05) is 24.3 Å². The number of unbranched alkanes of at least 4 members (excludes halogenated alkanes) is 5. The third-order valence-electron chi connectivity index (χ3n) is 10.7. The highest BCUT2D eigenvalue weighted by molar-refractivity contribution is 5.71. The molecule has 0 aromatic heterocycles. The second-order valence-corrected chi connectivity index (χ2v) is 13.5. The number of benzene rings is 3. The number of allylic oxidation sites excluding steroid dienone is 2. The van der Waals surface area contributed by atoms with Crippen LogP contribution in [0.3, 0.4) is 0 Å². The van der Waals surface area contributed by atoms with E-state index in [-0.39, 0.29) is 11.4 Å². The summed E-state index contributed by atoms with van der Waals surface area (Å²) in [5, 5.41) is 0. The fourth-order valence-corrected chi connectivity index (χ4v) is 7.96. The molecule has 5 rings (SSSR count). The Morgan fingerprint density at radius 3 is 1.91 bits per heavy atom. The summed E-state index contributed by atoms with van der Waals surface area (Å²) in [7, 11) is 0. The summed E-state index contributed by atoms with van der Waals surface area (Å²) in [6, 6.07) is 16.4. The van der Waals surface area contributed by atoms with Crippen LogP contribution in [0.2, 0.25) is 0 Å². The van der Waals surface area contributed by atoms with E-state index in [4.69, 9.17) is 0 Å². The van der Waals surface area contributed by atoms with Crippen LogP contribution in [0, 0.1) is 35.2 Å². The van der Waals surface area contributed by atoms with Crippen LogP contribution in [0.4, 0.5) is 13.2 Å². The molecular weight excluding hydrogens is 549 g/mol. The van der Waals surface area contributed by atoms with E-state index in [0.717, 1.165) is 66.5 Å². The van der Waals surface area contributed by atoms with Gasteiger partial charge in [0.05, 0.1) is 0 Å². The van der Waals surface area contributed by atoms with Crippen LogP contribution < -0.4 is 0 Å². The summed E-state index contributed by atoms with van der Waals surface area (Å²) in [6.45, 7) is 4.31. The third kappa shape index (κ3) is 8.06. The van der Waals surface area contributed by atoms with Crippen LogP contribution in [0.25, 0.3) is 22.3 Å². The quantitative estimate of drug-likeness (QED) is 0.143. The number of hydrogen-bond acceptors (Lipinski definition) is 0. The van der Waals surface area contributed by atoms with Gasteiger partial charge in [0.1, 0.15) is 5.82 Å².